The van der Waals surface area contributed by atoms with Crippen LogP contribution in [-0.2, 0) is 18.6 Å². The summed E-state index contributed by atoms with van der Waals surface area (Å²) in [5.74, 6) is 0. The Morgan fingerprint density at radius 3 is 2.26 bits per heavy atom. The number of ether oxygens (including phenoxy) is 2. The van der Waals surface area contributed by atoms with Crippen molar-refractivity contribution < 1.29 is 48.8 Å². The van der Waals surface area contributed by atoms with Crippen LogP contribution in [0.2, 0.25) is 0 Å². The van der Waals surface area contributed by atoms with Gasteiger partial charge in [-0.2, -0.15) is 0 Å². The monoisotopic (exact) mass is 304 g/mol. The molecule has 6 N–H and O–H groups in total. The Labute approximate surface area is 108 Å². The maximum Gasteiger partial charge on any atom is 0.469 e. The van der Waals surface area contributed by atoms with E-state index in [1.807, 2.05) is 0 Å². The number of methoxy groups -OCH3 is 1. The standard InChI is InChI=1S/C8H17O10P/c1-16-8-6(12)4(10)5(11)7(18-8)3(9)2-17-19(13,14)15/h3-12H,2H2,1H3,(H2,13,14,15)/t3-,4?,5+,6-,7?,8+/m1/s1. The van der Waals surface area contributed by atoms with Crippen molar-refractivity contribution in [2.45, 2.75) is 36.8 Å². The Hall–Kier alpha value is -0.130. The van der Waals surface area contributed by atoms with Gasteiger partial charge in [0.05, 0.1) is 6.61 Å². The lowest BCUT2D eigenvalue weighted by atomic mass is 9.95. The third kappa shape index (κ3) is 4.43. The number of hydrogen-bond acceptors (Lipinski definition) is 8. The number of hydrogen-bond donors (Lipinski definition) is 6. The zero-order chi connectivity index (χ0) is 14.8. The maximum absolute atomic E-state index is 10.5. The zero-order valence-electron chi connectivity index (χ0n) is 9.93. The highest BCUT2D eigenvalue weighted by atomic mass is 31.2. The van der Waals surface area contributed by atoms with Gasteiger partial charge in [-0.1, -0.05) is 0 Å². The minimum Gasteiger partial charge on any atom is -0.388 e. The molecule has 0 radical (unpaired) electrons. The highest BCUT2D eigenvalue weighted by Gasteiger charge is 2.46. The fourth-order valence-corrected chi connectivity index (χ4v) is 2.00. The van der Waals surface area contributed by atoms with E-state index in [2.05, 4.69) is 4.52 Å². The number of phosphoric acid groups is 1. The third-order valence-corrected chi connectivity index (χ3v) is 3.12. The predicted molar refractivity (Wildman–Crippen MR) is 57.7 cm³/mol. The molecule has 1 saturated heterocycles. The van der Waals surface area contributed by atoms with E-state index in [0.29, 0.717) is 0 Å². The van der Waals surface area contributed by atoms with E-state index < -0.39 is 51.2 Å². The molecule has 1 heterocycles. The molecular formula is C8H17O10P. The van der Waals surface area contributed by atoms with Crippen LogP contribution in [0.1, 0.15) is 0 Å². The molecule has 0 aromatic carbocycles. The lowest BCUT2D eigenvalue weighted by Gasteiger charge is -2.41. The highest BCUT2D eigenvalue weighted by molar-refractivity contribution is 7.46. The summed E-state index contributed by atoms with van der Waals surface area (Å²) in [6.45, 7) is -0.828. The fraction of sp³-hybridized carbons (Fsp3) is 1.00. The SMILES string of the molecule is CO[C@H]1OC([C@H](O)COP(=O)(O)O)[C@@H](O)C(O)[C@H]1O. The second-order valence-corrected chi connectivity index (χ2v) is 5.27. The van der Waals surface area contributed by atoms with Crippen LogP contribution in [0.3, 0.4) is 0 Å². The van der Waals surface area contributed by atoms with Gasteiger partial charge in [-0.05, 0) is 0 Å². The van der Waals surface area contributed by atoms with Crippen molar-refractivity contribution in [3.05, 3.63) is 0 Å². The molecule has 0 saturated carbocycles. The molecule has 0 aromatic rings. The van der Waals surface area contributed by atoms with Crippen LogP contribution in [0.4, 0.5) is 0 Å². The molecule has 6 atom stereocenters. The summed E-state index contributed by atoms with van der Waals surface area (Å²) < 4.78 is 24.2. The van der Waals surface area contributed by atoms with E-state index in [-0.39, 0.29) is 0 Å². The highest BCUT2D eigenvalue weighted by Crippen LogP contribution is 2.36. The van der Waals surface area contributed by atoms with Gasteiger partial charge in [-0.25, -0.2) is 4.57 Å². The Balaban J connectivity index is 2.67. The average Bonchev–Trinajstić information content (AvgIpc) is 2.33. The summed E-state index contributed by atoms with van der Waals surface area (Å²) in [5, 5.41) is 38.2. The number of aliphatic hydroxyl groups excluding tert-OH is 4. The first kappa shape index (κ1) is 16.9. The van der Waals surface area contributed by atoms with Crippen molar-refractivity contribution in [1.82, 2.24) is 0 Å². The lowest BCUT2D eigenvalue weighted by Crippen LogP contribution is -2.61. The van der Waals surface area contributed by atoms with Gasteiger partial charge >= 0.3 is 7.82 Å². The predicted octanol–water partition coefficient (Wildman–Crippen LogP) is -3.09. The minimum atomic E-state index is -4.78. The van der Waals surface area contributed by atoms with Gasteiger partial charge in [0.15, 0.2) is 6.29 Å². The van der Waals surface area contributed by atoms with Gasteiger partial charge in [0.2, 0.25) is 0 Å². The van der Waals surface area contributed by atoms with Crippen molar-refractivity contribution >= 4 is 7.82 Å². The number of aliphatic hydroxyl groups is 4. The molecule has 114 valence electrons. The van der Waals surface area contributed by atoms with Gasteiger partial charge < -0.3 is 39.7 Å². The van der Waals surface area contributed by atoms with E-state index >= 15 is 0 Å². The number of rotatable bonds is 5. The molecule has 19 heavy (non-hydrogen) atoms. The van der Waals surface area contributed by atoms with Crippen molar-refractivity contribution in [3.63, 3.8) is 0 Å². The molecule has 1 aliphatic rings. The normalized spacial score (nSPS) is 38.2. The van der Waals surface area contributed by atoms with E-state index in [0.717, 1.165) is 0 Å². The van der Waals surface area contributed by atoms with Crippen molar-refractivity contribution in [1.29, 1.82) is 0 Å². The van der Waals surface area contributed by atoms with Gasteiger partial charge in [-0.15, -0.1) is 0 Å². The summed E-state index contributed by atoms with van der Waals surface area (Å²) in [7, 11) is -3.61. The summed E-state index contributed by atoms with van der Waals surface area (Å²) in [4.78, 5) is 17.0. The Bertz CT molecular complexity index is 329. The quantitative estimate of drug-likeness (QED) is 0.286. The largest absolute Gasteiger partial charge is 0.469 e. The lowest BCUT2D eigenvalue weighted by molar-refractivity contribution is -0.305. The van der Waals surface area contributed by atoms with Gasteiger partial charge in [-0.3, -0.25) is 4.52 Å². The van der Waals surface area contributed by atoms with Crippen LogP contribution in [0.5, 0.6) is 0 Å². The molecule has 0 bridgehead atoms. The maximum atomic E-state index is 10.5. The van der Waals surface area contributed by atoms with Gasteiger partial charge in [0, 0.05) is 7.11 Å². The van der Waals surface area contributed by atoms with Crippen LogP contribution in [0, 0.1) is 0 Å². The molecule has 2 unspecified atom stereocenters. The van der Waals surface area contributed by atoms with Crippen molar-refractivity contribution in [3.8, 4) is 0 Å². The average molecular weight is 304 g/mol. The van der Waals surface area contributed by atoms with Crippen LogP contribution in [0.25, 0.3) is 0 Å². The van der Waals surface area contributed by atoms with E-state index in [4.69, 9.17) is 19.3 Å². The molecule has 1 rings (SSSR count). The topological polar surface area (TPSA) is 166 Å². The van der Waals surface area contributed by atoms with Gasteiger partial charge in [0.1, 0.15) is 30.5 Å². The Morgan fingerprint density at radius 2 is 1.79 bits per heavy atom. The zero-order valence-corrected chi connectivity index (χ0v) is 10.8. The summed E-state index contributed by atoms with van der Waals surface area (Å²) in [6.07, 6.45) is -9.21. The Morgan fingerprint density at radius 1 is 1.21 bits per heavy atom. The van der Waals surface area contributed by atoms with E-state index in [1.54, 1.807) is 0 Å². The molecule has 0 aliphatic carbocycles. The Kier molecular flexibility index (Phi) is 5.83. The molecular weight excluding hydrogens is 287 g/mol. The van der Waals surface area contributed by atoms with Crippen LogP contribution < -0.4 is 0 Å². The summed E-state index contributed by atoms with van der Waals surface area (Å²) in [6, 6.07) is 0. The molecule has 0 amide bonds. The summed E-state index contributed by atoms with van der Waals surface area (Å²) >= 11 is 0. The summed E-state index contributed by atoms with van der Waals surface area (Å²) in [5.41, 5.74) is 0. The van der Waals surface area contributed by atoms with Gasteiger partial charge in [0.25, 0.3) is 0 Å². The molecule has 0 aromatic heterocycles. The molecule has 1 aliphatic heterocycles. The number of phosphoric ester groups is 1. The van der Waals surface area contributed by atoms with Crippen molar-refractivity contribution in [2.24, 2.45) is 0 Å². The first-order chi connectivity index (χ1) is 8.67. The molecule has 0 spiro atoms. The first-order valence-corrected chi connectivity index (χ1v) is 6.81. The molecule has 1 fully saturated rings. The van der Waals surface area contributed by atoms with Crippen LogP contribution in [0.15, 0.2) is 0 Å². The molecule has 10 nitrogen and oxygen atoms in total. The first-order valence-electron chi connectivity index (χ1n) is 5.28. The molecule has 11 heteroatoms. The second-order valence-electron chi connectivity index (χ2n) is 4.03. The van der Waals surface area contributed by atoms with Crippen molar-refractivity contribution in [2.75, 3.05) is 13.7 Å². The smallest absolute Gasteiger partial charge is 0.388 e. The van der Waals surface area contributed by atoms with Crippen LogP contribution >= 0.6 is 7.82 Å². The third-order valence-electron chi connectivity index (χ3n) is 2.63. The minimum absolute atomic E-state index is 0.828. The fourth-order valence-electron chi connectivity index (χ4n) is 1.65. The second kappa shape index (κ2) is 6.55. The van der Waals surface area contributed by atoms with Crippen LogP contribution in [-0.4, -0.2) is 80.7 Å². The van der Waals surface area contributed by atoms with E-state index in [1.165, 1.54) is 7.11 Å². The van der Waals surface area contributed by atoms with E-state index in [9.17, 15) is 25.0 Å².